The number of aliphatic hydroxyl groups is 1. The molecule has 1 aromatic carbocycles. The van der Waals surface area contributed by atoms with Crippen LogP contribution >= 0.6 is 0 Å². The van der Waals surface area contributed by atoms with Crippen molar-refractivity contribution in [3.63, 3.8) is 0 Å². The molecule has 0 aliphatic carbocycles. The summed E-state index contributed by atoms with van der Waals surface area (Å²) in [6.07, 6.45) is -4.78. The van der Waals surface area contributed by atoms with Crippen LogP contribution in [0.1, 0.15) is 22.3 Å². The van der Waals surface area contributed by atoms with E-state index < -0.39 is 55.9 Å². The highest BCUT2D eigenvalue weighted by Gasteiger charge is 2.43. The molecule has 1 aromatic heterocycles. The number of halogens is 3. The number of aromatic nitrogens is 2. The minimum atomic E-state index is -4.96. The summed E-state index contributed by atoms with van der Waals surface area (Å²) >= 11 is 0. The first-order valence-corrected chi connectivity index (χ1v) is 15.5. The van der Waals surface area contributed by atoms with Gasteiger partial charge in [-0.15, -0.1) is 0 Å². The van der Waals surface area contributed by atoms with E-state index in [9.17, 15) is 27.9 Å². The molecule has 3 rings (SSSR count). The molecule has 0 radical (unpaired) electrons. The number of ether oxygens (including phenoxy) is 3. The third kappa shape index (κ3) is 7.55. The van der Waals surface area contributed by atoms with Crippen molar-refractivity contribution < 1.29 is 37.3 Å². The third-order valence-electron chi connectivity index (χ3n) is 5.92. The van der Waals surface area contributed by atoms with Gasteiger partial charge in [-0.1, -0.05) is 25.7 Å². The third-order valence-corrected chi connectivity index (χ3v) is 7.62. The molecule has 1 N–H and O–H groups in total. The summed E-state index contributed by atoms with van der Waals surface area (Å²) in [5.74, 6) is -0.251. The molecule has 37 heavy (non-hydrogen) atoms. The lowest BCUT2D eigenvalue weighted by molar-refractivity contribution is -0.138. The highest BCUT2D eigenvalue weighted by Crippen LogP contribution is 2.36. The monoisotopic (exact) mass is 543 g/mol. The van der Waals surface area contributed by atoms with Crippen molar-refractivity contribution in [2.75, 3.05) is 31.8 Å². The number of aliphatic hydroxyl groups excluding tert-OH is 1. The lowest BCUT2D eigenvalue weighted by Gasteiger charge is -2.28. The maximum Gasteiger partial charge on any atom is 0.423 e. The molecule has 2 heterocycles. The Morgan fingerprint density at radius 2 is 2.00 bits per heavy atom. The zero-order valence-corrected chi connectivity index (χ0v) is 22.2. The van der Waals surface area contributed by atoms with E-state index in [0.29, 0.717) is 17.0 Å². The van der Waals surface area contributed by atoms with Crippen LogP contribution in [-0.4, -0.2) is 67.9 Å². The zero-order chi connectivity index (χ0) is 27.4. The minimum absolute atomic E-state index is 0.0954. The quantitative estimate of drug-likeness (QED) is 0.277. The predicted molar refractivity (Wildman–Crippen MR) is 133 cm³/mol. The normalized spacial score (nSPS) is 18.2. The molecule has 0 amide bonds. The van der Waals surface area contributed by atoms with E-state index in [0.717, 1.165) is 12.2 Å². The smallest absolute Gasteiger partial charge is 0.423 e. The summed E-state index contributed by atoms with van der Waals surface area (Å²) in [5, 5.41) is 14.2. The standard InChI is InChI=1S/C24H32F3N3O6Si/c1-34-23(33)16-6-5-7-19(10-16)36-14-17-11-18(31)13-29(17)20-12-28-30(15-35-8-9-37(2,3)4)22(32)21(20)24(25,26)27/h5-7,10,12,17-18,31H,8-9,11,13-15H2,1-4H3/t17-,18-/m0/s1. The molecule has 0 unspecified atom stereocenters. The van der Waals surface area contributed by atoms with E-state index in [1.807, 2.05) is 0 Å². The van der Waals surface area contributed by atoms with Gasteiger partial charge in [-0.2, -0.15) is 18.3 Å². The summed E-state index contributed by atoms with van der Waals surface area (Å²) in [6, 6.07) is 6.28. The predicted octanol–water partition coefficient (Wildman–Crippen LogP) is 3.38. The first kappa shape index (κ1) is 28.7. The maximum atomic E-state index is 14.1. The second kappa shape index (κ2) is 11.7. The average molecular weight is 544 g/mol. The molecule has 2 aromatic rings. The molecule has 2 atom stereocenters. The Morgan fingerprint density at radius 1 is 1.27 bits per heavy atom. The molecular weight excluding hydrogens is 511 g/mol. The summed E-state index contributed by atoms with van der Waals surface area (Å²) in [4.78, 5) is 25.9. The van der Waals surface area contributed by atoms with Gasteiger partial charge in [0.1, 0.15) is 24.7 Å². The van der Waals surface area contributed by atoms with Crippen molar-refractivity contribution in [1.29, 1.82) is 0 Å². The van der Waals surface area contributed by atoms with Gasteiger partial charge in [0, 0.05) is 21.2 Å². The van der Waals surface area contributed by atoms with Crippen LogP contribution < -0.4 is 15.2 Å². The number of rotatable bonds is 10. The van der Waals surface area contributed by atoms with Crippen molar-refractivity contribution in [2.45, 2.75) is 57.2 Å². The number of hydrogen-bond acceptors (Lipinski definition) is 8. The number of carbonyl (C=O) groups excluding carboxylic acids is 1. The van der Waals surface area contributed by atoms with Crippen LogP contribution in [0.25, 0.3) is 0 Å². The number of nitrogens with zero attached hydrogens (tertiary/aromatic N) is 3. The summed E-state index contributed by atoms with van der Waals surface area (Å²) < 4.78 is 58.7. The second-order valence-corrected chi connectivity index (χ2v) is 15.7. The summed E-state index contributed by atoms with van der Waals surface area (Å²) in [5.41, 5.74) is -2.86. The molecule has 0 saturated carbocycles. The first-order chi connectivity index (χ1) is 17.3. The summed E-state index contributed by atoms with van der Waals surface area (Å²) in [7, 11) is -0.169. The fourth-order valence-corrected chi connectivity index (χ4v) is 4.71. The van der Waals surface area contributed by atoms with Crippen molar-refractivity contribution in [3.05, 3.63) is 51.9 Å². The number of β-amino-alcohol motifs (C(OH)–C–C–N with tert-alkyl or cyclic N) is 1. The Hall–Kier alpha value is -2.90. The Labute approximate surface area is 213 Å². The van der Waals surface area contributed by atoms with Gasteiger partial charge in [0.15, 0.2) is 0 Å². The van der Waals surface area contributed by atoms with Gasteiger partial charge in [-0.3, -0.25) is 4.79 Å². The van der Waals surface area contributed by atoms with Crippen LogP contribution in [-0.2, 0) is 22.4 Å². The van der Waals surface area contributed by atoms with E-state index in [2.05, 4.69) is 29.5 Å². The van der Waals surface area contributed by atoms with Crippen LogP contribution in [0.2, 0.25) is 25.7 Å². The largest absolute Gasteiger partial charge is 0.491 e. The first-order valence-electron chi connectivity index (χ1n) is 11.8. The highest BCUT2D eigenvalue weighted by molar-refractivity contribution is 6.76. The lowest BCUT2D eigenvalue weighted by Crippen LogP contribution is -2.40. The second-order valence-electron chi connectivity index (χ2n) is 10.1. The van der Waals surface area contributed by atoms with Crippen molar-refractivity contribution in [1.82, 2.24) is 9.78 Å². The van der Waals surface area contributed by atoms with Gasteiger partial charge in [-0.25, -0.2) is 9.48 Å². The van der Waals surface area contributed by atoms with Crippen LogP contribution in [0, 0.1) is 0 Å². The van der Waals surface area contributed by atoms with E-state index in [-0.39, 0.29) is 25.1 Å². The van der Waals surface area contributed by atoms with Crippen LogP contribution in [0.4, 0.5) is 18.9 Å². The maximum absolute atomic E-state index is 14.1. The van der Waals surface area contributed by atoms with E-state index in [1.54, 1.807) is 12.1 Å². The van der Waals surface area contributed by atoms with Gasteiger partial charge in [0.05, 0.1) is 36.7 Å². The number of esters is 1. The molecule has 204 valence electrons. The molecule has 0 spiro atoms. The Morgan fingerprint density at radius 3 is 2.65 bits per heavy atom. The molecule has 1 fully saturated rings. The topological polar surface area (TPSA) is 103 Å². The van der Waals surface area contributed by atoms with E-state index in [1.165, 1.54) is 24.1 Å². The number of methoxy groups -OCH3 is 1. The van der Waals surface area contributed by atoms with Crippen molar-refractivity contribution in [2.24, 2.45) is 0 Å². The Balaban J connectivity index is 1.82. The molecular formula is C24H32F3N3O6Si. The Kier molecular flexibility index (Phi) is 9.03. The number of benzene rings is 1. The molecule has 9 nitrogen and oxygen atoms in total. The van der Waals surface area contributed by atoms with Crippen molar-refractivity contribution in [3.8, 4) is 5.75 Å². The van der Waals surface area contributed by atoms with Crippen molar-refractivity contribution >= 4 is 19.7 Å². The van der Waals surface area contributed by atoms with E-state index in [4.69, 9.17) is 9.47 Å². The number of alkyl halides is 3. The lowest BCUT2D eigenvalue weighted by atomic mass is 10.1. The van der Waals surface area contributed by atoms with Crippen LogP contribution in [0.5, 0.6) is 5.75 Å². The van der Waals surface area contributed by atoms with Crippen LogP contribution in [0.15, 0.2) is 35.3 Å². The van der Waals surface area contributed by atoms with Crippen LogP contribution in [0.3, 0.4) is 0 Å². The number of carbonyl (C=O) groups is 1. The number of anilines is 1. The van der Waals surface area contributed by atoms with Gasteiger partial charge >= 0.3 is 12.1 Å². The van der Waals surface area contributed by atoms with Gasteiger partial charge in [-0.05, 0) is 30.7 Å². The molecule has 0 bridgehead atoms. The highest BCUT2D eigenvalue weighted by atomic mass is 28.3. The van der Waals surface area contributed by atoms with Gasteiger partial charge in [0.2, 0.25) is 0 Å². The molecule has 13 heteroatoms. The Bertz CT molecular complexity index is 1150. The van der Waals surface area contributed by atoms with E-state index >= 15 is 0 Å². The minimum Gasteiger partial charge on any atom is -0.491 e. The molecule has 1 saturated heterocycles. The van der Waals surface area contributed by atoms with Gasteiger partial charge in [0.25, 0.3) is 5.56 Å². The fraction of sp³-hybridized carbons (Fsp3) is 0.542. The molecule has 1 aliphatic rings. The fourth-order valence-electron chi connectivity index (χ4n) is 3.95. The average Bonchev–Trinajstić information content (AvgIpc) is 3.19. The SMILES string of the molecule is COC(=O)c1cccc(OC[C@@H]2C[C@H](O)CN2c2cnn(COCC[Si](C)(C)C)c(=O)c2C(F)(F)F)c1. The van der Waals surface area contributed by atoms with Gasteiger partial charge < -0.3 is 24.2 Å². The molecule has 1 aliphatic heterocycles. The zero-order valence-electron chi connectivity index (χ0n) is 21.2. The summed E-state index contributed by atoms with van der Waals surface area (Å²) in [6.45, 7) is 6.12. The number of hydrogen-bond donors (Lipinski definition) is 1.